The predicted molar refractivity (Wildman–Crippen MR) is 178 cm³/mol. The largest absolute Gasteiger partial charge is 0.496 e. The van der Waals surface area contributed by atoms with Crippen LogP contribution < -0.4 is 20.3 Å². The Morgan fingerprint density at radius 3 is 2.43 bits per heavy atom. The molecule has 13 heteroatoms. The maximum Gasteiger partial charge on any atom is 0.272 e. The first-order chi connectivity index (χ1) is 22.1. The molecule has 0 aliphatic carbocycles. The van der Waals surface area contributed by atoms with Crippen molar-refractivity contribution in [2.45, 2.75) is 16.6 Å². The van der Waals surface area contributed by atoms with Crippen molar-refractivity contribution in [2.24, 2.45) is 0 Å². The van der Waals surface area contributed by atoms with E-state index in [9.17, 15) is 29.3 Å². The second-order valence-electron chi connectivity index (χ2n) is 9.91. The fourth-order valence-corrected chi connectivity index (χ4v) is 6.10. The highest BCUT2D eigenvalue weighted by Gasteiger charge is 2.40. The molecule has 4 amide bonds. The zero-order chi connectivity index (χ0) is 32.8. The minimum absolute atomic E-state index is 0.0217. The first-order valence-corrected chi connectivity index (χ1v) is 15.4. The van der Waals surface area contributed by atoms with Crippen LogP contribution in [0.1, 0.15) is 22.3 Å². The Labute approximate surface area is 275 Å². The van der Waals surface area contributed by atoms with Gasteiger partial charge in [-0.25, -0.2) is 4.90 Å². The van der Waals surface area contributed by atoms with Crippen LogP contribution in [0.3, 0.4) is 0 Å². The summed E-state index contributed by atoms with van der Waals surface area (Å²) in [4.78, 5) is 64.5. The van der Waals surface area contributed by atoms with Crippen LogP contribution >= 0.6 is 27.7 Å². The average molecular weight is 702 g/mol. The van der Waals surface area contributed by atoms with E-state index in [1.165, 1.54) is 37.5 Å². The summed E-state index contributed by atoms with van der Waals surface area (Å²) < 4.78 is 6.08. The molecule has 1 aliphatic heterocycles. The maximum atomic E-state index is 13.5. The van der Waals surface area contributed by atoms with Crippen molar-refractivity contribution in [3.63, 3.8) is 0 Å². The van der Waals surface area contributed by atoms with E-state index in [0.717, 1.165) is 21.1 Å². The van der Waals surface area contributed by atoms with Crippen LogP contribution in [0.15, 0.2) is 112 Å². The third-order valence-electron chi connectivity index (χ3n) is 6.81. The van der Waals surface area contributed by atoms with Gasteiger partial charge in [0.05, 0.1) is 27.4 Å². The number of benzene rings is 4. The van der Waals surface area contributed by atoms with Gasteiger partial charge in [-0.2, -0.15) is 0 Å². The number of anilines is 2. The van der Waals surface area contributed by atoms with E-state index >= 15 is 0 Å². The maximum absolute atomic E-state index is 13.5. The zero-order valence-electron chi connectivity index (χ0n) is 24.1. The number of thioether (sulfide) groups is 1. The molecule has 0 spiro atoms. The van der Waals surface area contributed by atoms with Gasteiger partial charge in [0, 0.05) is 34.7 Å². The van der Waals surface area contributed by atoms with Crippen LogP contribution in [0.2, 0.25) is 0 Å². The zero-order valence-corrected chi connectivity index (χ0v) is 26.5. The number of rotatable bonds is 10. The topological polar surface area (TPSA) is 148 Å². The number of nitrogens with zero attached hydrogens (tertiary/aromatic N) is 2. The van der Waals surface area contributed by atoms with Gasteiger partial charge in [-0.15, -0.1) is 11.8 Å². The number of non-ortho nitro benzene ring substituents is 1. The van der Waals surface area contributed by atoms with Crippen molar-refractivity contribution >= 4 is 74.5 Å². The van der Waals surface area contributed by atoms with Gasteiger partial charge in [0.15, 0.2) is 0 Å². The van der Waals surface area contributed by atoms with E-state index in [2.05, 4.69) is 26.6 Å². The number of amides is 4. The molecule has 11 nitrogen and oxygen atoms in total. The number of hydrogen-bond acceptors (Lipinski definition) is 8. The van der Waals surface area contributed by atoms with Gasteiger partial charge in [-0.1, -0.05) is 30.3 Å². The minimum atomic E-state index is -0.735. The molecule has 0 radical (unpaired) electrons. The molecule has 4 aromatic rings. The number of nitrogens with one attached hydrogen (secondary N) is 2. The van der Waals surface area contributed by atoms with E-state index in [4.69, 9.17) is 4.74 Å². The van der Waals surface area contributed by atoms with E-state index in [1.807, 2.05) is 0 Å². The van der Waals surface area contributed by atoms with Crippen molar-refractivity contribution in [1.82, 2.24) is 5.32 Å². The summed E-state index contributed by atoms with van der Waals surface area (Å²) >= 11 is 4.57. The Morgan fingerprint density at radius 1 is 1.00 bits per heavy atom. The lowest BCUT2D eigenvalue weighted by atomic mass is 10.1. The third-order valence-corrected chi connectivity index (χ3v) is 8.64. The Morgan fingerprint density at radius 2 is 1.74 bits per heavy atom. The normalized spacial score (nSPS) is 14.6. The lowest BCUT2D eigenvalue weighted by Gasteiger charge is -2.15. The van der Waals surface area contributed by atoms with Gasteiger partial charge in [0.1, 0.15) is 11.4 Å². The van der Waals surface area contributed by atoms with Crippen molar-refractivity contribution in [2.75, 3.05) is 17.3 Å². The number of imide groups is 1. The van der Waals surface area contributed by atoms with Crippen molar-refractivity contribution in [1.29, 1.82) is 0 Å². The summed E-state index contributed by atoms with van der Waals surface area (Å²) in [5, 5.41) is 15.7. The number of halogens is 1. The standard InChI is InChI=1S/C33H25BrN4O7S/c1-45-28-17-20(10-15-26(28)34)16-27(36-31(40)21-6-3-2-4-7-21)32(41)35-22-8-5-9-25(18-22)46-29-19-30(39)37(33(29)42)23-11-13-24(14-12-23)38(43)44/h2-18,29H,19H2,1H3,(H,35,41)(H,36,40)/b27-16-/t29-/m0/s1. The van der Waals surface area contributed by atoms with Gasteiger partial charge in [0.25, 0.3) is 17.5 Å². The van der Waals surface area contributed by atoms with Gasteiger partial charge in [-0.05, 0) is 82.2 Å². The van der Waals surface area contributed by atoms with Crippen LogP contribution in [0.5, 0.6) is 5.75 Å². The van der Waals surface area contributed by atoms with Gasteiger partial charge in [-0.3, -0.25) is 29.3 Å². The second-order valence-corrected chi connectivity index (χ2v) is 12.0. The molecule has 4 aromatic carbocycles. The Bertz CT molecular complexity index is 1870. The van der Waals surface area contributed by atoms with Crippen molar-refractivity contribution < 1.29 is 28.8 Å². The quantitative estimate of drug-likeness (QED) is 0.0860. The molecular formula is C33H25BrN4O7S. The summed E-state index contributed by atoms with van der Waals surface area (Å²) in [6, 6.07) is 25.7. The van der Waals surface area contributed by atoms with Crippen LogP contribution in [0.4, 0.5) is 17.1 Å². The highest BCUT2D eigenvalue weighted by atomic mass is 79.9. The molecule has 1 saturated heterocycles. The molecule has 0 unspecified atom stereocenters. The molecule has 1 aliphatic rings. The lowest BCUT2D eigenvalue weighted by Crippen LogP contribution is -2.31. The van der Waals surface area contributed by atoms with Crippen LogP contribution in [-0.2, 0) is 14.4 Å². The molecule has 0 saturated carbocycles. The molecule has 0 aromatic heterocycles. The highest BCUT2D eigenvalue weighted by Crippen LogP contribution is 2.35. The first kappa shape index (κ1) is 32.1. The fourth-order valence-electron chi connectivity index (χ4n) is 4.58. The van der Waals surface area contributed by atoms with Gasteiger partial charge < -0.3 is 15.4 Å². The van der Waals surface area contributed by atoms with E-state index < -0.39 is 33.8 Å². The lowest BCUT2D eigenvalue weighted by molar-refractivity contribution is -0.384. The predicted octanol–water partition coefficient (Wildman–Crippen LogP) is 6.20. The molecular weight excluding hydrogens is 676 g/mol. The van der Waals surface area contributed by atoms with E-state index in [1.54, 1.807) is 72.8 Å². The number of hydrogen-bond donors (Lipinski definition) is 2. The molecule has 1 atom stereocenters. The Kier molecular flexibility index (Phi) is 9.94. The Balaban J connectivity index is 1.33. The summed E-state index contributed by atoms with van der Waals surface area (Å²) in [5.74, 6) is -1.40. The van der Waals surface area contributed by atoms with Gasteiger partial charge in [0.2, 0.25) is 11.8 Å². The Hall–Kier alpha value is -5.27. The van der Waals surface area contributed by atoms with Crippen molar-refractivity contribution in [3.8, 4) is 5.75 Å². The van der Waals surface area contributed by atoms with Gasteiger partial charge >= 0.3 is 0 Å². The van der Waals surface area contributed by atoms with E-state index in [-0.39, 0.29) is 23.5 Å². The monoisotopic (exact) mass is 700 g/mol. The SMILES string of the molecule is COc1cc(/C=C(\NC(=O)c2ccccc2)C(=O)Nc2cccc(S[C@H]3CC(=O)N(c4ccc([N+](=O)[O-])cc4)C3=O)c2)ccc1Br. The molecule has 0 bridgehead atoms. The van der Waals surface area contributed by atoms with Crippen LogP contribution in [0.25, 0.3) is 6.08 Å². The molecule has 1 fully saturated rings. The smallest absolute Gasteiger partial charge is 0.272 e. The molecule has 46 heavy (non-hydrogen) atoms. The highest BCUT2D eigenvalue weighted by molar-refractivity contribution is 9.10. The van der Waals surface area contributed by atoms with E-state index in [0.29, 0.717) is 27.5 Å². The minimum Gasteiger partial charge on any atom is -0.496 e. The number of carbonyl (C=O) groups is 4. The number of methoxy groups -OCH3 is 1. The second kappa shape index (κ2) is 14.2. The van der Waals surface area contributed by atoms with Crippen molar-refractivity contribution in [3.05, 3.63) is 128 Å². The number of nitro benzene ring substituents is 1. The van der Waals surface area contributed by atoms with Crippen LogP contribution in [0, 0.1) is 10.1 Å². The molecule has 2 N–H and O–H groups in total. The average Bonchev–Trinajstić information content (AvgIpc) is 3.33. The summed E-state index contributed by atoms with van der Waals surface area (Å²) in [5.41, 5.74) is 1.45. The summed E-state index contributed by atoms with van der Waals surface area (Å²) in [6.45, 7) is 0. The summed E-state index contributed by atoms with van der Waals surface area (Å²) in [6.07, 6.45) is 1.46. The van der Waals surface area contributed by atoms with Crippen LogP contribution in [-0.4, -0.2) is 40.9 Å². The number of nitro groups is 1. The number of carbonyl (C=O) groups excluding carboxylic acids is 4. The third kappa shape index (κ3) is 7.50. The first-order valence-electron chi connectivity index (χ1n) is 13.7. The number of ether oxygens (including phenoxy) is 1. The summed E-state index contributed by atoms with van der Waals surface area (Å²) in [7, 11) is 1.52. The molecule has 232 valence electrons. The fraction of sp³-hybridized carbons (Fsp3) is 0.0909. The molecule has 1 heterocycles. The molecule has 5 rings (SSSR count).